The molecule has 0 aliphatic carbocycles. The van der Waals surface area contributed by atoms with Crippen LogP contribution in [0.4, 0.5) is 0 Å². The molecule has 24 heavy (non-hydrogen) atoms. The van der Waals surface area contributed by atoms with Gasteiger partial charge in [0.15, 0.2) is 6.10 Å². The lowest BCUT2D eigenvalue weighted by molar-refractivity contribution is -0.127. The molecule has 1 N–H and O–H groups in total. The van der Waals surface area contributed by atoms with Gasteiger partial charge in [0.25, 0.3) is 5.91 Å². The summed E-state index contributed by atoms with van der Waals surface area (Å²) < 4.78 is 5.58. The summed E-state index contributed by atoms with van der Waals surface area (Å²) in [6.45, 7) is 2.29. The third-order valence-electron chi connectivity index (χ3n) is 3.21. The smallest absolute Gasteiger partial charge is 0.260 e. The average molecular weight is 384 g/mol. The third kappa shape index (κ3) is 6.27. The normalized spacial score (nSPS) is 11.8. The van der Waals surface area contributed by atoms with Gasteiger partial charge in [0.2, 0.25) is 0 Å². The number of amides is 1. The Morgan fingerprint density at radius 3 is 2.75 bits per heavy atom. The van der Waals surface area contributed by atoms with E-state index >= 15 is 0 Å². The lowest BCUT2D eigenvalue weighted by atomic mass is 10.2. The van der Waals surface area contributed by atoms with Crippen LogP contribution in [0.1, 0.15) is 12.5 Å². The first-order valence-electron chi connectivity index (χ1n) is 7.57. The Hall–Kier alpha value is -1.36. The van der Waals surface area contributed by atoms with Crippen molar-refractivity contribution in [3.63, 3.8) is 0 Å². The first-order valence-corrected chi connectivity index (χ1v) is 9.48. The molecule has 2 aromatic rings. The maximum absolute atomic E-state index is 12.0. The molecule has 0 radical (unpaired) electrons. The molecule has 0 unspecified atom stereocenters. The molecule has 128 valence electrons. The number of thioether (sulfide) groups is 1. The van der Waals surface area contributed by atoms with Crippen LogP contribution in [0.5, 0.6) is 5.75 Å². The van der Waals surface area contributed by atoms with Crippen molar-refractivity contribution in [1.82, 2.24) is 5.32 Å². The predicted molar refractivity (Wildman–Crippen MR) is 102 cm³/mol. The van der Waals surface area contributed by atoms with Crippen molar-refractivity contribution in [2.45, 2.75) is 18.8 Å². The van der Waals surface area contributed by atoms with E-state index in [1.807, 2.05) is 36.4 Å². The van der Waals surface area contributed by atoms with Crippen molar-refractivity contribution in [2.75, 3.05) is 12.3 Å². The average Bonchev–Trinajstić information content (AvgIpc) is 2.56. The zero-order chi connectivity index (χ0) is 17.4. The van der Waals surface area contributed by atoms with Gasteiger partial charge in [-0.1, -0.05) is 47.5 Å². The Balaban J connectivity index is 1.66. The lowest BCUT2D eigenvalue weighted by Gasteiger charge is -2.15. The van der Waals surface area contributed by atoms with Gasteiger partial charge in [0.05, 0.1) is 5.02 Å². The molecule has 0 saturated carbocycles. The number of hydrogen-bond acceptors (Lipinski definition) is 3. The van der Waals surface area contributed by atoms with Crippen LogP contribution in [0.2, 0.25) is 10.0 Å². The van der Waals surface area contributed by atoms with Crippen LogP contribution in [0, 0.1) is 0 Å². The largest absolute Gasteiger partial charge is 0.479 e. The number of carbonyl (C=O) groups excluding carboxylic acids is 1. The van der Waals surface area contributed by atoms with Crippen molar-refractivity contribution in [2.24, 2.45) is 0 Å². The number of carbonyl (C=O) groups is 1. The fourth-order valence-electron chi connectivity index (χ4n) is 1.99. The van der Waals surface area contributed by atoms with Crippen LogP contribution >= 0.6 is 35.0 Å². The number of halogens is 2. The lowest BCUT2D eigenvalue weighted by Crippen LogP contribution is -2.37. The van der Waals surface area contributed by atoms with Gasteiger partial charge in [-0.3, -0.25) is 4.79 Å². The van der Waals surface area contributed by atoms with Crippen LogP contribution < -0.4 is 10.1 Å². The molecule has 0 aliphatic rings. The van der Waals surface area contributed by atoms with E-state index in [0.717, 1.165) is 16.5 Å². The van der Waals surface area contributed by atoms with Crippen molar-refractivity contribution in [1.29, 1.82) is 0 Å². The molecule has 1 atom stereocenters. The first kappa shape index (κ1) is 19.0. The summed E-state index contributed by atoms with van der Waals surface area (Å²) in [6, 6.07) is 14.9. The Kier molecular flexibility index (Phi) is 7.76. The molecule has 0 bridgehead atoms. The number of nitrogens with one attached hydrogen (secondary N) is 1. The second kappa shape index (κ2) is 9.82. The quantitative estimate of drug-likeness (QED) is 0.664. The molecule has 0 aliphatic heterocycles. The number of para-hydroxylation sites is 1. The van der Waals surface area contributed by atoms with Gasteiger partial charge in [0.1, 0.15) is 5.75 Å². The van der Waals surface area contributed by atoms with Crippen LogP contribution in [0.15, 0.2) is 48.5 Å². The van der Waals surface area contributed by atoms with Gasteiger partial charge in [0, 0.05) is 23.1 Å². The zero-order valence-electron chi connectivity index (χ0n) is 13.3. The minimum absolute atomic E-state index is 0.154. The molecule has 6 heteroatoms. The summed E-state index contributed by atoms with van der Waals surface area (Å²) in [4.78, 5) is 12.0. The standard InChI is InChI=1S/C18H19Cl2NO2S/c1-13(23-17-8-3-2-7-16(17)20)18(22)21-9-10-24-12-14-5-4-6-15(19)11-14/h2-8,11,13H,9-10,12H2,1H3,(H,21,22)/t13-/m0/s1. The van der Waals surface area contributed by atoms with E-state index in [4.69, 9.17) is 27.9 Å². The fraction of sp³-hybridized carbons (Fsp3) is 0.278. The Bertz CT molecular complexity index is 682. The molecule has 3 nitrogen and oxygen atoms in total. The summed E-state index contributed by atoms with van der Waals surface area (Å²) in [6.07, 6.45) is -0.595. The van der Waals surface area contributed by atoms with E-state index in [1.165, 1.54) is 5.56 Å². The molecule has 2 aromatic carbocycles. The maximum atomic E-state index is 12.0. The van der Waals surface area contributed by atoms with Crippen LogP contribution in [0.3, 0.4) is 0 Å². The summed E-state index contributed by atoms with van der Waals surface area (Å²) in [7, 11) is 0. The highest BCUT2D eigenvalue weighted by Crippen LogP contribution is 2.24. The highest BCUT2D eigenvalue weighted by Gasteiger charge is 2.15. The fourth-order valence-corrected chi connectivity index (χ4v) is 3.19. The molecular formula is C18H19Cl2NO2S. The van der Waals surface area contributed by atoms with Gasteiger partial charge in [-0.15, -0.1) is 0 Å². The van der Waals surface area contributed by atoms with Crippen molar-refractivity contribution < 1.29 is 9.53 Å². The summed E-state index contributed by atoms with van der Waals surface area (Å²) in [5.41, 5.74) is 1.18. The zero-order valence-corrected chi connectivity index (χ0v) is 15.6. The maximum Gasteiger partial charge on any atom is 0.260 e. The summed E-state index contributed by atoms with van der Waals surface area (Å²) in [5, 5.41) is 4.10. The summed E-state index contributed by atoms with van der Waals surface area (Å²) >= 11 is 13.7. The van der Waals surface area contributed by atoms with Crippen molar-refractivity contribution in [3.05, 3.63) is 64.1 Å². The van der Waals surface area contributed by atoms with E-state index in [1.54, 1.807) is 30.8 Å². The van der Waals surface area contributed by atoms with E-state index < -0.39 is 6.10 Å². The van der Waals surface area contributed by atoms with Gasteiger partial charge < -0.3 is 10.1 Å². The Labute approximate surface area is 156 Å². The number of ether oxygens (including phenoxy) is 1. The monoisotopic (exact) mass is 383 g/mol. The van der Waals surface area contributed by atoms with Gasteiger partial charge in [-0.05, 0) is 36.8 Å². The molecule has 2 rings (SSSR count). The van der Waals surface area contributed by atoms with Crippen LogP contribution in [0.25, 0.3) is 0 Å². The SMILES string of the molecule is C[C@H](Oc1ccccc1Cl)C(=O)NCCSCc1cccc(Cl)c1. The minimum Gasteiger partial charge on any atom is -0.479 e. The Morgan fingerprint density at radius 1 is 1.21 bits per heavy atom. The van der Waals surface area contributed by atoms with Gasteiger partial charge in [-0.25, -0.2) is 0 Å². The molecule has 0 heterocycles. The topological polar surface area (TPSA) is 38.3 Å². The van der Waals surface area contributed by atoms with Crippen molar-refractivity contribution >= 4 is 40.9 Å². The van der Waals surface area contributed by atoms with Gasteiger partial charge >= 0.3 is 0 Å². The number of rotatable bonds is 8. The highest BCUT2D eigenvalue weighted by atomic mass is 35.5. The van der Waals surface area contributed by atoms with E-state index in [2.05, 4.69) is 5.32 Å². The third-order valence-corrected chi connectivity index (χ3v) is 4.79. The highest BCUT2D eigenvalue weighted by molar-refractivity contribution is 7.98. The van der Waals surface area contributed by atoms with Gasteiger partial charge in [-0.2, -0.15) is 11.8 Å². The van der Waals surface area contributed by atoms with E-state index in [9.17, 15) is 4.79 Å². The Morgan fingerprint density at radius 2 is 2.00 bits per heavy atom. The first-order chi connectivity index (χ1) is 11.6. The minimum atomic E-state index is -0.595. The molecule has 0 spiro atoms. The molecular weight excluding hydrogens is 365 g/mol. The summed E-state index contributed by atoms with van der Waals surface area (Å²) in [5.74, 6) is 2.04. The van der Waals surface area contributed by atoms with E-state index in [-0.39, 0.29) is 5.91 Å². The second-order valence-electron chi connectivity index (χ2n) is 5.16. The van der Waals surface area contributed by atoms with Crippen LogP contribution in [-0.2, 0) is 10.5 Å². The molecule has 1 amide bonds. The van der Waals surface area contributed by atoms with E-state index in [0.29, 0.717) is 17.3 Å². The molecule has 0 aromatic heterocycles. The predicted octanol–water partition coefficient (Wildman–Crippen LogP) is 4.81. The number of hydrogen-bond donors (Lipinski definition) is 1. The molecule has 0 fully saturated rings. The van der Waals surface area contributed by atoms with Crippen molar-refractivity contribution in [3.8, 4) is 5.75 Å². The number of benzene rings is 2. The second-order valence-corrected chi connectivity index (χ2v) is 7.11. The van der Waals surface area contributed by atoms with Crippen LogP contribution in [-0.4, -0.2) is 24.3 Å². The molecule has 0 saturated heterocycles.